The summed E-state index contributed by atoms with van der Waals surface area (Å²) >= 11 is 0. The second-order valence-corrected chi connectivity index (χ2v) is 7.86. The normalized spacial score (nSPS) is 21.5. The van der Waals surface area contributed by atoms with Crippen molar-refractivity contribution >= 4 is 23.5 Å². The van der Waals surface area contributed by atoms with Crippen LogP contribution in [-0.4, -0.2) is 40.8 Å². The first-order chi connectivity index (χ1) is 14.2. The molecule has 2 aliphatic rings. The molecule has 1 fully saturated rings. The quantitative estimate of drug-likeness (QED) is 0.168. The summed E-state index contributed by atoms with van der Waals surface area (Å²) in [5.74, 6) is -2.64. The predicted octanol–water partition coefficient (Wildman–Crippen LogP) is 2.87. The molecular weight excluding hydrogens is 392 g/mol. The summed E-state index contributed by atoms with van der Waals surface area (Å²) in [6.07, 6.45) is 4.85. The average Bonchev–Trinajstić information content (AvgIpc) is 2.96. The molecule has 0 bridgehead atoms. The van der Waals surface area contributed by atoms with Crippen LogP contribution in [0.15, 0.2) is 30.4 Å². The molecule has 0 radical (unpaired) electrons. The maximum absolute atomic E-state index is 13.0. The van der Waals surface area contributed by atoms with E-state index < -0.39 is 34.5 Å². The molecule has 0 aromatic heterocycles. The van der Waals surface area contributed by atoms with Crippen molar-refractivity contribution in [3.05, 3.63) is 40.5 Å². The molecule has 1 saturated heterocycles. The van der Waals surface area contributed by atoms with Gasteiger partial charge in [0.25, 0.3) is 0 Å². The van der Waals surface area contributed by atoms with Crippen LogP contribution in [0.4, 0.5) is 5.69 Å². The van der Waals surface area contributed by atoms with Crippen molar-refractivity contribution in [3.63, 3.8) is 0 Å². The molecule has 30 heavy (non-hydrogen) atoms. The minimum absolute atomic E-state index is 0.0187. The fourth-order valence-corrected chi connectivity index (χ4v) is 3.92. The Kier molecular flexibility index (Phi) is 6.19. The maximum atomic E-state index is 13.0. The van der Waals surface area contributed by atoms with Crippen LogP contribution in [0.1, 0.15) is 33.1 Å². The fourth-order valence-electron chi connectivity index (χ4n) is 3.92. The van der Waals surface area contributed by atoms with Gasteiger partial charge in [-0.15, -0.1) is 0 Å². The summed E-state index contributed by atoms with van der Waals surface area (Å²) in [7, 11) is 1.36. The van der Waals surface area contributed by atoms with Crippen LogP contribution in [-0.2, 0) is 14.4 Å². The summed E-state index contributed by atoms with van der Waals surface area (Å²) in [4.78, 5) is 50.6. The van der Waals surface area contributed by atoms with Gasteiger partial charge in [0.2, 0.25) is 17.6 Å². The van der Waals surface area contributed by atoms with Crippen LogP contribution in [0.25, 0.3) is 0 Å². The van der Waals surface area contributed by atoms with Gasteiger partial charge in [-0.3, -0.25) is 24.6 Å². The molecule has 0 spiro atoms. The van der Waals surface area contributed by atoms with Gasteiger partial charge in [0.15, 0.2) is 0 Å². The number of rotatable bonds is 7. The number of hydrogen-bond acceptors (Lipinski definition) is 7. The molecule has 3 unspecified atom stereocenters. The third kappa shape index (κ3) is 4.05. The van der Waals surface area contributed by atoms with Crippen molar-refractivity contribution in [1.82, 2.24) is 4.90 Å². The van der Waals surface area contributed by atoms with E-state index in [4.69, 9.17) is 9.47 Å². The number of nitro groups is 1. The number of carbonyl (C=O) groups excluding carboxylic acids is 3. The molecule has 3 atom stereocenters. The number of esters is 1. The van der Waals surface area contributed by atoms with E-state index in [1.54, 1.807) is 0 Å². The van der Waals surface area contributed by atoms with Crippen LogP contribution in [0.3, 0.4) is 0 Å². The summed E-state index contributed by atoms with van der Waals surface area (Å²) in [6, 6.07) is 2.70. The number of nitro benzene ring substituents is 1. The number of ether oxygens (including phenoxy) is 2. The lowest BCUT2D eigenvalue weighted by atomic mass is 9.85. The summed E-state index contributed by atoms with van der Waals surface area (Å²) in [5, 5.41) is 11.4. The van der Waals surface area contributed by atoms with Gasteiger partial charge < -0.3 is 9.47 Å². The molecule has 9 heteroatoms. The molecule has 0 N–H and O–H groups in total. The van der Waals surface area contributed by atoms with E-state index in [9.17, 15) is 24.5 Å². The smallest absolute Gasteiger partial charge is 0.335 e. The highest BCUT2D eigenvalue weighted by atomic mass is 16.6. The van der Waals surface area contributed by atoms with Gasteiger partial charge in [-0.05, 0) is 37.3 Å². The molecule has 9 nitrogen and oxygen atoms in total. The van der Waals surface area contributed by atoms with Crippen molar-refractivity contribution in [1.29, 1.82) is 0 Å². The molecule has 1 aliphatic carbocycles. The molecule has 1 aliphatic heterocycles. The second-order valence-electron chi connectivity index (χ2n) is 7.86. The topological polar surface area (TPSA) is 116 Å². The zero-order valence-electron chi connectivity index (χ0n) is 17.1. The second kappa shape index (κ2) is 8.64. The van der Waals surface area contributed by atoms with Gasteiger partial charge >= 0.3 is 11.7 Å². The first-order valence-electron chi connectivity index (χ1n) is 9.80. The minimum atomic E-state index is -1.14. The summed E-state index contributed by atoms with van der Waals surface area (Å²) in [6.45, 7) is 3.71. The van der Waals surface area contributed by atoms with E-state index in [-0.39, 0.29) is 35.7 Å². The Morgan fingerprint density at radius 2 is 1.80 bits per heavy atom. The number of imide groups is 1. The van der Waals surface area contributed by atoms with E-state index in [0.29, 0.717) is 12.8 Å². The highest BCUT2D eigenvalue weighted by Gasteiger charge is 2.51. The van der Waals surface area contributed by atoms with Gasteiger partial charge in [0.1, 0.15) is 11.8 Å². The van der Waals surface area contributed by atoms with Crippen molar-refractivity contribution < 1.29 is 28.8 Å². The molecule has 3 rings (SSSR count). The lowest BCUT2D eigenvalue weighted by Crippen LogP contribution is -2.48. The predicted molar refractivity (Wildman–Crippen MR) is 106 cm³/mol. The van der Waals surface area contributed by atoms with Crippen molar-refractivity contribution in [3.8, 4) is 11.5 Å². The zero-order chi connectivity index (χ0) is 22.0. The van der Waals surface area contributed by atoms with Crippen molar-refractivity contribution in [2.75, 3.05) is 7.11 Å². The fraction of sp³-hybridized carbons (Fsp3) is 0.476. The molecule has 1 heterocycles. The van der Waals surface area contributed by atoms with Crippen LogP contribution in [0.5, 0.6) is 11.5 Å². The van der Waals surface area contributed by atoms with E-state index in [0.717, 1.165) is 11.0 Å². The number of allylic oxidation sites excluding steroid dienone is 2. The summed E-state index contributed by atoms with van der Waals surface area (Å²) < 4.78 is 10.3. The minimum Gasteiger partial charge on any atom is -0.496 e. The number of carbonyl (C=O) groups is 3. The van der Waals surface area contributed by atoms with E-state index in [1.807, 2.05) is 26.0 Å². The number of hydrogen-bond donors (Lipinski definition) is 0. The monoisotopic (exact) mass is 416 g/mol. The van der Waals surface area contributed by atoms with E-state index >= 15 is 0 Å². The Labute approximate surface area is 173 Å². The lowest BCUT2D eigenvalue weighted by molar-refractivity contribution is -0.385. The molecule has 0 saturated carbocycles. The summed E-state index contributed by atoms with van der Waals surface area (Å²) in [5.41, 5.74) is -0.442. The van der Waals surface area contributed by atoms with Crippen LogP contribution < -0.4 is 9.47 Å². The Bertz CT molecular complexity index is 883. The first kappa shape index (κ1) is 21.5. The standard InChI is InChI=1S/C21H24N2O7/c1-12(2)10-17(22-19(24)14-6-4-5-7-15(14)20(22)25)21(26)30-18-9-8-13(29-3)11-16(18)23(27)28/h4-5,8-9,11-12,14-15,17H,6-7,10H2,1-3H3. The first-order valence-corrected chi connectivity index (χ1v) is 9.80. The maximum Gasteiger partial charge on any atom is 0.335 e. The largest absolute Gasteiger partial charge is 0.496 e. The molecule has 1 aromatic rings. The lowest BCUT2D eigenvalue weighted by Gasteiger charge is -2.26. The number of amides is 2. The van der Waals surface area contributed by atoms with E-state index in [1.165, 1.54) is 19.2 Å². The Hall–Kier alpha value is -3.23. The van der Waals surface area contributed by atoms with Crippen LogP contribution >= 0.6 is 0 Å². The van der Waals surface area contributed by atoms with Crippen molar-refractivity contribution in [2.24, 2.45) is 17.8 Å². The van der Waals surface area contributed by atoms with Gasteiger partial charge in [-0.1, -0.05) is 26.0 Å². The SMILES string of the molecule is COc1ccc(OC(=O)C(CC(C)C)N2C(=O)C3CC=CCC3C2=O)c([N+](=O)[O-])c1. The third-order valence-corrected chi connectivity index (χ3v) is 5.39. The molecule has 2 amide bonds. The van der Waals surface area contributed by atoms with Gasteiger partial charge in [0.05, 0.1) is 29.9 Å². The van der Waals surface area contributed by atoms with Gasteiger partial charge in [0, 0.05) is 0 Å². The zero-order valence-corrected chi connectivity index (χ0v) is 17.1. The number of fused-ring (bicyclic) bond motifs is 1. The van der Waals surface area contributed by atoms with Crippen molar-refractivity contribution in [2.45, 2.75) is 39.2 Å². The highest BCUT2D eigenvalue weighted by molar-refractivity contribution is 6.08. The van der Waals surface area contributed by atoms with E-state index in [2.05, 4.69) is 0 Å². The van der Waals surface area contributed by atoms with Crippen LogP contribution in [0, 0.1) is 27.9 Å². The number of methoxy groups -OCH3 is 1. The molecule has 1 aromatic carbocycles. The van der Waals surface area contributed by atoms with Crippen LogP contribution in [0.2, 0.25) is 0 Å². The number of nitrogens with zero attached hydrogens (tertiary/aromatic N) is 2. The number of likely N-dealkylation sites (tertiary alicyclic amines) is 1. The van der Waals surface area contributed by atoms with Gasteiger partial charge in [-0.2, -0.15) is 0 Å². The Morgan fingerprint density at radius 3 is 2.30 bits per heavy atom. The van der Waals surface area contributed by atoms with Gasteiger partial charge in [-0.25, -0.2) is 4.79 Å². The third-order valence-electron chi connectivity index (χ3n) is 5.39. The Morgan fingerprint density at radius 1 is 1.20 bits per heavy atom. The average molecular weight is 416 g/mol. The molecular formula is C21H24N2O7. The number of benzene rings is 1. The Balaban J connectivity index is 1.90. The highest BCUT2D eigenvalue weighted by Crippen LogP contribution is 2.38. The molecule has 160 valence electrons.